The van der Waals surface area contributed by atoms with Gasteiger partial charge in [0.15, 0.2) is 0 Å². The van der Waals surface area contributed by atoms with Gasteiger partial charge in [-0.05, 0) is 37.0 Å². The normalized spacial score (nSPS) is 20.2. The zero-order valence-electron chi connectivity index (χ0n) is 11.2. The number of piperidine rings is 1. The van der Waals surface area contributed by atoms with Crippen LogP contribution in [0.4, 0.5) is 18.9 Å². The number of alkyl halides is 3. The summed E-state index contributed by atoms with van der Waals surface area (Å²) in [7, 11) is 0. The summed E-state index contributed by atoms with van der Waals surface area (Å²) >= 11 is 0. The number of rotatable bonds is 3. The first kappa shape index (κ1) is 15.1. The number of hydrogen-bond donors (Lipinski definition) is 2. The van der Waals surface area contributed by atoms with Gasteiger partial charge in [-0.25, -0.2) is 0 Å². The van der Waals surface area contributed by atoms with Crippen LogP contribution >= 0.6 is 0 Å². The Morgan fingerprint density at radius 1 is 1.30 bits per heavy atom. The molecule has 1 aromatic rings. The highest BCUT2D eigenvalue weighted by Crippen LogP contribution is 2.39. The summed E-state index contributed by atoms with van der Waals surface area (Å²) in [6.07, 6.45) is -1.93. The van der Waals surface area contributed by atoms with Crippen LogP contribution in [0.3, 0.4) is 0 Å². The third kappa shape index (κ3) is 3.07. The van der Waals surface area contributed by atoms with Crippen LogP contribution in [0, 0.1) is 0 Å². The van der Waals surface area contributed by atoms with Crippen LogP contribution in [0.5, 0.6) is 0 Å². The quantitative estimate of drug-likeness (QED) is 0.898. The molecular weight excluding hydrogens is 269 g/mol. The summed E-state index contributed by atoms with van der Waals surface area (Å²) in [4.78, 5) is 1.67. The zero-order chi connectivity index (χ0) is 14.8. The predicted molar refractivity (Wildman–Crippen MR) is 71.4 cm³/mol. The summed E-state index contributed by atoms with van der Waals surface area (Å²) in [5.74, 6) is 0. The standard InChI is InChI=1S/C14H19F3N2O/c15-14(16,17)12-7-10(8-18)4-5-13(12)19-6-2-1-3-11(19)9-20/h4-5,7,11,20H,1-3,6,8-9,18H2. The maximum atomic E-state index is 13.2. The minimum Gasteiger partial charge on any atom is -0.394 e. The van der Waals surface area contributed by atoms with E-state index in [4.69, 9.17) is 5.73 Å². The van der Waals surface area contributed by atoms with Gasteiger partial charge in [0, 0.05) is 18.8 Å². The molecule has 0 bridgehead atoms. The fraction of sp³-hybridized carbons (Fsp3) is 0.571. The molecule has 1 aromatic carbocycles. The number of halogens is 3. The first-order chi connectivity index (χ1) is 9.47. The number of nitrogens with two attached hydrogens (primary N) is 1. The molecule has 1 aliphatic rings. The smallest absolute Gasteiger partial charge is 0.394 e. The Morgan fingerprint density at radius 2 is 2.05 bits per heavy atom. The topological polar surface area (TPSA) is 49.5 Å². The van der Waals surface area contributed by atoms with Crippen molar-refractivity contribution in [2.24, 2.45) is 5.73 Å². The van der Waals surface area contributed by atoms with E-state index in [1.54, 1.807) is 11.0 Å². The molecule has 6 heteroatoms. The molecule has 1 aliphatic heterocycles. The van der Waals surface area contributed by atoms with E-state index in [1.807, 2.05) is 0 Å². The predicted octanol–water partition coefficient (Wildman–Crippen LogP) is 2.52. The third-order valence-electron chi connectivity index (χ3n) is 3.75. The summed E-state index contributed by atoms with van der Waals surface area (Å²) < 4.78 is 39.7. The number of aliphatic hydroxyl groups excluding tert-OH is 1. The van der Waals surface area contributed by atoms with Crippen molar-refractivity contribution in [3.05, 3.63) is 29.3 Å². The second-order valence-corrected chi connectivity index (χ2v) is 5.08. The third-order valence-corrected chi connectivity index (χ3v) is 3.75. The highest BCUT2D eigenvalue weighted by atomic mass is 19.4. The molecule has 3 N–H and O–H groups in total. The molecule has 0 saturated carbocycles. The van der Waals surface area contributed by atoms with Gasteiger partial charge in [-0.3, -0.25) is 0 Å². The monoisotopic (exact) mass is 288 g/mol. The molecule has 112 valence electrons. The lowest BCUT2D eigenvalue weighted by molar-refractivity contribution is -0.137. The van der Waals surface area contributed by atoms with Crippen LogP contribution < -0.4 is 10.6 Å². The molecule has 0 spiro atoms. The van der Waals surface area contributed by atoms with Gasteiger partial charge in [0.2, 0.25) is 0 Å². The van der Waals surface area contributed by atoms with E-state index in [9.17, 15) is 18.3 Å². The van der Waals surface area contributed by atoms with Gasteiger partial charge in [0.25, 0.3) is 0 Å². The lowest BCUT2D eigenvalue weighted by atomic mass is 9.99. The Balaban J connectivity index is 2.44. The number of nitrogens with zero attached hydrogens (tertiary/aromatic N) is 1. The summed E-state index contributed by atoms with van der Waals surface area (Å²) in [6, 6.07) is 3.96. The first-order valence-corrected chi connectivity index (χ1v) is 6.75. The van der Waals surface area contributed by atoms with Crippen LogP contribution in [0.15, 0.2) is 18.2 Å². The van der Waals surface area contributed by atoms with Crippen LogP contribution in [0.1, 0.15) is 30.4 Å². The van der Waals surface area contributed by atoms with Crippen molar-refractivity contribution in [2.75, 3.05) is 18.1 Å². The molecule has 0 aliphatic carbocycles. The van der Waals surface area contributed by atoms with Gasteiger partial charge in [0.1, 0.15) is 0 Å². The number of aliphatic hydroxyl groups is 1. The molecule has 0 radical (unpaired) electrons. The Kier molecular flexibility index (Phi) is 4.55. The molecule has 1 fully saturated rings. The fourth-order valence-electron chi connectivity index (χ4n) is 2.70. The van der Waals surface area contributed by atoms with Gasteiger partial charge in [-0.15, -0.1) is 0 Å². The molecule has 1 unspecified atom stereocenters. The van der Waals surface area contributed by atoms with Crippen molar-refractivity contribution in [1.29, 1.82) is 0 Å². The van der Waals surface area contributed by atoms with Crippen molar-refractivity contribution in [2.45, 2.75) is 38.0 Å². The van der Waals surface area contributed by atoms with Gasteiger partial charge >= 0.3 is 6.18 Å². The van der Waals surface area contributed by atoms with Gasteiger partial charge in [-0.1, -0.05) is 6.07 Å². The van der Waals surface area contributed by atoms with Crippen molar-refractivity contribution in [3.8, 4) is 0 Å². The molecule has 0 amide bonds. The van der Waals surface area contributed by atoms with E-state index in [-0.39, 0.29) is 24.9 Å². The van der Waals surface area contributed by atoms with Crippen LogP contribution in [0.2, 0.25) is 0 Å². The molecule has 1 atom stereocenters. The first-order valence-electron chi connectivity index (χ1n) is 6.75. The molecule has 0 aromatic heterocycles. The second-order valence-electron chi connectivity index (χ2n) is 5.08. The van der Waals surface area contributed by atoms with Crippen LogP contribution in [-0.4, -0.2) is 24.3 Å². The van der Waals surface area contributed by atoms with Crippen molar-refractivity contribution < 1.29 is 18.3 Å². The Labute approximate surface area is 116 Å². The van der Waals surface area contributed by atoms with Gasteiger partial charge in [-0.2, -0.15) is 13.2 Å². The molecule has 3 nitrogen and oxygen atoms in total. The molecular formula is C14H19F3N2O. The number of benzene rings is 1. The summed E-state index contributed by atoms with van der Waals surface area (Å²) in [5, 5.41) is 9.37. The average molecular weight is 288 g/mol. The van der Waals surface area contributed by atoms with E-state index < -0.39 is 11.7 Å². The van der Waals surface area contributed by atoms with Crippen molar-refractivity contribution in [1.82, 2.24) is 0 Å². The Morgan fingerprint density at radius 3 is 2.65 bits per heavy atom. The largest absolute Gasteiger partial charge is 0.418 e. The lowest BCUT2D eigenvalue weighted by Gasteiger charge is -2.38. The van der Waals surface area contributed by atoms with E-state index in [0.29, 0.717) is 18.5 Å². The fourth-order valence-corrected chi connectivity index (χ4v) is 2.70. The number of hydrogen-bond acceptors (Lipinski definition) is 3. The van der Waals surface area contributed by atoms with Gasteiger partial charge < -0.3 is 15.7 Å². The Bertz CT molecular complexity index is 462. The van der Waals surface area contributed by atoms with E-state index >= 15 is 0 Å². The SMILES string of the molecule is NCc1ccc(N2CCCCC2CO)c(C(F)(F)F)c1. The summed E-state index contributed by atoms with van der Waals surface area (Å²) in [6.45, 7) is 0.485. The van der Waals surface area contributed by atoms with Gasteiger partial charge in [0.05, 0.1) is 18.2 Å². The maximum Gasteiger partial charge on any atom is 0.418 e. The van der Waals surface area contributed by atoms with E-state index in [2.05, 4.69) is 0 Å². The van der Waals surface area contributed by atoms with Crippen LogP contribution in [-0.2, 0) is 12.7 Å². The second kappa shape index (κ2) is 6.01. The van der Waals surface area contributed by atoms with E-state index in [0.717, 1.165) is 18.9 Å². The molecule has 2 rings (SSSR count). The van der Waals surface area contributed by atoms with E-state index in [1.165, 1.54) is 6.07 Å². The minimum absolute atomic E-state index is 0.0762. The molecule has 20 heavy (non-hydrogen) atoms. The molecule has 1 saturated heterocycles. The Hall–Kier alpha value is -1.27. The highest BCUT2D eigenvalue weighted by Gasteiger charge is 2.36. The highest BCUT2D eigenvalue weighted by molar-refractivity contribution is 5.57. The number of anilines is 1. The van der Waals surface area contributed by atoms with Crippen molar-refractivity contribution in [3.63, 3.8) is 0 Å². The van der Waals surface area contributed by atoms with Crippen molar-refractivity contribution >= 4 is 5.69 Å². The zero-order valence-corrected chi connectivity index (χ0v) is 11.2. The summed E-state index contributed by atoms with van der Waals surface area (Å²) in [5.41, 5.74) is 5.36. The minimum atomic E-state index is -4.42. The average Bonchev–Trinajstić information content (AvgIpc) is 2.45. The lowest BCUT2D eigenvalue weighted by Crippen LogP contribution is -2.42. The van der Waals surface area contributed by atoms with Crippen LogP contribution in [0.25, 0.3) is 0 Å². The maximum absolute atomic E-state index is 13.2. The molecule has 1 heterocycles.